The van der Waals surface area contributed by atoms with Crippen LogP contribution in [0, 0.1) is 0 Å². The number of nitrogens with zero attached hydrogens (tertiary/aromatic N) is 1. The summed E-state index contributed by atoms with van der Waals surface area (Å²) in [5.74, 6) is 0. The van der Waals surface area contributed by atoms with Crippen LogP contribution in [0.15, 0.2) is 30.6 Å². The molecular formula is C12H15N3. The van der Waals surface area contributed by atoms with Crippen LogP contribution < -0.4 is 5.73 Å². The Morgan fingerprint density at radius 1 is 1.33 bits per heavy atom. The number of nitrogens with one attached hydrogen (secondary N) is 1. The fourth-order valence-electron chi connectivity index (χ4n) is 1.75. The van der Waals surface area contributed by atoms with Crippen LogP contribution in [0.3, 0.4) is 0 Å². The molecule has 2 aromatic rings. The minimum absolute atomic E-state index is 0.548. The van der Waals surface area contributed by atoms with Gasteiger partial charge in [-0.2, -0.15) is 0 Å². The van der Waals surface area contributed by atoms with Crippen LogP contribution in [-0.2, 0) is 13.0 Å². The molecule has 0 aliphatic heterocycles. The van der Waals surface area contributed by atoms with Crippen molar-refractivity contribution in [2.45, 2.75) is 19.9 Å². The Morgan fingerprint density at radius 3 is 2.87 bits per heavy atom. The van der Waals surface area contributed by atoms with E-state index >= 15 is 0 Å². The van der Waals surface area contributed by atoms with Crippen molar-refractivity contribution in [2.75, 3.05) is 0 Å². The summed E-state index contributed by atoms with van der Waals surface area (Å²) in [5, 5.41) is 0. The molecule has 3 N–H and O–H groups in total. The van der Waals surface area contributed by atoms with Gasteiger partial charge in [0, 0.05) is 17.8 Å². The summed E-state index contributed by atoms with van der Waals surface area (Å²) in [4.78, 5) is 7.51. The lowest BCUT2D eigenvalue weighted by Crippen LogP contribution is -1.99. The first-order valence-corrected chi connectivity index (χ1v) is 5.17. The first kappa shape index (κ1) is 9.93. The molecule has 0 amide bonds. The second-order valence-corrected chi connectivity index (χ2v) is 3.44. The molecule has 0 radical (unpaired) electrons. The summed E-state index contributed by atoms with van der Waals surface area (Å²) in [5.41, 5.74) is 10.2. The van der Waals surface area contributed by atoms with E-state index < -0.39 is 0 Å². The molecule has 0 spiro atoms. The Bertz CT molecular complexity index is 446. The highest BCUT2D eigenvalue weighted by atomic mass is 14.9. The molecular weight excluding hydrogens is 186 g/mol. The molecule has 1 aromatic heterocycles. The van der Waals surface area contributed by atoms with E-state index in [2.05, 4.69) is 23.0 Å². The van der Waals surface area contributed by atoms with Gasteiger partial charge in [-0.3, -0.25) is 0 Å². The number of aromatic nitrogens is 2. The molecule has 0 aliphatic carbocycles. The maximum atomic E-state index is 5.71. The molecule has 15 heavy (non-hydrogen) atoms. The van der Waals surface area contributed by atoms with E-state index in [1.165, 1.54) is 0 Å². The van der Waals surface area contributed by atoms with Gasteiger partial charge in [0.05, 0.1) is 12.0 Å². The molecule has 3 heteroatoms. The highest BCUT2D eigenvalue weighted by Gasteiger charge is 2.09. The number of aryl methyl sites for hydroxylation is 1. The van der Waals surface area contributed by atoms with Crippen molar-refractivity contribution in [3.8, 4) is 11.3 Å². The molecule has 0 fully saturated rings. The molecule has 2 rings (SSSR count). The van der Waals surface area contributed by atoms with Crippen LogP contribution in [0.5, 0.6) is 0 Å². The Hall–Kier alpha value is -1.61. The molecule has 0 aliphatic rings. The molecule has 0 saturated heterocycles. The van der Waals surface area contributed by atoms with Gasteiger partial charge in [-0.25, -0.2) is 4.98 Å². The maximum absolute atomic E-state index is 5.71. The Morgan fingerprint density at radius 2 is 2.13 bits per heavy atom. The highest BCUT2D eigenvalue weighted by molar-refractivity contribution is 5.65. The second-order valence-electron chi connectivity index (χ2n) is 3.44. The minimum atomic E-state index is 0.548. The van der Waals surface area contributed by atoms with E-state index in [1.54, 1.807) is 6.33 Å². The smallest absolute Gasteiger partial charge is 0.0929 e. The van der Waals surface area contributed by atoms with E-state index in [-0.39, 0.29) is 0 Å². The Kier molecular flexibility index (Phi) is 2.83. The fraction of sp³-hybridized carbons (Fsp3) is 0.250. The van der Waals surface area contributed by atoms with Crippen LogP contribution in [-0.4, -0.2) is 9.97 Å². The number of imidazole rings is 1. The Balaban J connectivity index is 2.53. The van der Waals surface area contributed by atoms with Gasteiger partial charge < -0.3 is 10.7 Å². The van der Waals surface area contributed by atoms with E-state index in [0.717, 1.165) is 28.9 Å². The van der Waals surface area contributed by atoms with Crippen molar-refractivity contribution in [1.29, 1.82) is 0 Å². The summed E-state index contributed by atoms with van der Waals surface area (Å²) in [6.07, 6.45) is 2.69. The number of hydrogen-bond donors (Lipinski definition) is 2. The topological polar surface area (TPSA) is 54.7 Å². The molecule has 3 nitrogen and oxygen atoms in total. The van der Waals surface area contributed by atoms with Gasteiger partial charge >= 0.3 is 0 Å². The summed E-state index contributed by atoms with van der Waals surface area (Å²) in [6, 6.07) is 8.13. The summed E-state index contributed by atoms with van der Waals surface area (Å²) >= 11 is 0. The average molecular weight is 201 g/mol. The van der Waals surface area contributed by atoms with Crippen molar-refractivity contribution in [1.82, 2.24) is 9.97 Å². The number of rotatable bonds is 3. The highest BCUT2D eigenvalue weighted by Crippen LogP contribution is 2.24. The zero-order valence-corrected chi connectivity index (χ0v) is 8.83. The van der Waals surface area contributed by atoms with Crippen LogP contribution in [0.2, 0.25) is 0 Å². The first-order valence-electron chi connectivity index (χ1n) is 5.17. The number of aromatic amines is 1. The van der Waals surface area contributed by atoms with E-state index in [9.17, 15) is 0 Å². The lowest BCUT2D eigenvalue weighted by molar-refractivity contribution is 1.05. The normalized spacial score (nSPS) is 10.5. The SMILES string of the molecule is CCc1[nH]cnc1-c1ccccc1CN. The summed E-state index contributed by atoms with van der Waals surface area (Å²) in [6.45, 7) is 2.66. The standard InChI is InChI=1S/C12H15N3/c1-2-11-12(15-8-14-11)10-6-4-3-5-9(10)7-13/h3-6,8H,2,7,13H2,1H3,(H,14,15). The van der Waals surface area contributed by atoms with Gasteiger partial charge in [0.15, 0.2) is 0 Å². The van der Waals surface area contributed by atoms with Gasteiger partial charge in [-0.1, -0.05) is 31.2 Å². The van der Waals surface area contributed by atoms with Crippen LogP contribution >= 0.6 is 0 Å². The van der Waals surface area contributed by atoms with Crippen molar-refractivity contribution >= 4 is 0 Å². The van der Waals surface area contributed by atoms with Gasteiger partial charge in [-0.15, -0.1) is 0 Å². The van der Waals surface area contributed by atoms with Crippen molar-refractivity contribution in [3.63, 3.8) is 0 Å². The molecule has 0 saturated carbocycles. The monoisotopic (exact) mass is 201 g/mol. The number of H-pyrrole nitrogens is 1. The molecule has 1 heterocycles. The van der Waals surface area contributed by atoms with Crippen LogP contribution in [0.4, 0.5) is 0 Å². The van der Waals surface area contributed by atoms with Gasteiger partial charge in [0.2, 0.25) is 0 Å². The molecule has 0 bridgehead atoms. The first-order chi connectivity index (χ1) is 7.36. The predicted octanol–water partition coefficient (Wildman–Crippen LogP) is 2.10. The van der Waals surface area contributed by atoms with Gasteiger partial charge in [-0.05, 0) is 12.0 Å². The lowest BCUT2D eigenvalue weighted by Gasteiger charge is -2.06. The quantitative estimate of drug-likeness (QED) is 0.799. The van der Waals surface area contributed by atoms with Gasteiger partial charge in [0.25, 0.3) is 0 Å². The van der Waals surface area contributed by atoms with Gasteiger partial charge in [0.1, 0.15) is 0 Å². The third kappa shape index (κ3) is 1.78. The summed E-state index contributed by atoms with van der Waals surface area (Å²) in [7, 11) is 0. The molecule has 1 aromatic carbocycles. The second kappa shape index (κ2) is 4.28. The number of benzene rings is 1. The third-order valence-corrected chi connectivity index (χ3v) is 2.56. The zero-order valence-electron chi connectivity index (χ0n) is 8.83. The third-order valence-electron chi connectivity index (χ3n) is 2.56. The van der Waals surface area contributed by atoms with Crippen LogP contribution in [0.1, 0.15) is 18.2 Å². The molecule has 0 unspecified atom stereocenters. The predicted molar refractivity (Wildman–Crippen MR) is 61.3 cm³/mol. The van der Waals surface area contributed by atoms with E-state index in [0.29, 0.717) is 6.54 Å². The van der Waals surface area contributed by atoms with Crippen LogP contribution in [0.25, 0.3) is 11.3 Å². The largest absolute Gasteiger partial charge is 0.348 e. The average Bonchev–Trinajstić information content (AvgIpc) is 2.76. The van der Waals surface area contributed by atoms with Crippen molar-refractivity contribution in [3.05, 3.63) is 41.9 Å². The molecule has 0 atom stereocenters. The summed E-state index contributed by atoms with van der Waals surface area (Å²) < 4.78 is 0. The van der Waals surface area contributed by atoms with E-state index in [1.807, 2.05) is 18.2 Å². The fourth-order valence-corrected chi connectivity index (χ4v) is 1.75. The number of hydrogen-bond acceptors (Lipinski definition) is 2. The number of nitrogens with two attached hydrogens (primary N) is 1. The molecule has 78 valence electrons. The Labute approximate surface area is 89.4 Å². The van der Waals surface area contributed by atoms with Crippen molar-refractivity contribution in [2.24, 2.45) is 5.73 Å². The van der Waals surface area contributed by atoms with Crippen molar-refractivity contribution < 1.29 is 0 Å². The lowest BCUT2D eigenvalue weighted by atomic mass is 10.0. The van der Waals surface area contributed by atoms with E-state index in [4.69, 9.17) is 5.73 Å². The minimum Gasteiger partial charge on any atom is -0.348 e. The maximum Gasteiger partial charge on any atom is 0.0929 e. The zero-order chi connectivity index (χ0) is 10.7.